The number of hydrogen-bond donors (Lipinski definition) is 2. The van der Waals surface area contributed by atoms with Crippen LogP contribution in [0.2, 0.25) is 0 Å². The third kappa shape index (κ3) is 1.53. The number of hydrogen-bond acceptors (Lipinski definition) is 4. The topological polar surface area (TPSA) is 81.1 Å². The molecule has 1 rings (SSSR count). The van der Waals surface area contributed by atoms with E-state index in [0.717, 1.165) is 0 Å². The van der Waals surface area contributed by atoms with Crippen LogP contribution < -0.4 is 11.3 Å². The van der Waals surface area contributed by atoms with Gasteiger partial charge >= 0.3 is 0 Å². The highest BCUT2D eigenvalue weighted by Crippen LogP contribution is 2.03. The molecule has 11 heavy (non-hydrogen) atoms. The lowest BCUT2D eigenvalue weighted by Crippen LogP contribution is -2.30. The Morgan fingerprint density at radius 1 is 1.91 bits per heavy atom. The predicted octanol–water partition coefficient (Wildman–Crippen LogP) is -0.252. The molecule has 0 bridgehead atoms. The standard InChI is InChI=1S/C5H6FN3O2/c6-2-3-1-4(9-11-3)5(10)8-7/h1H,2,7H2,(H,8,10). The van der Waals surface area contributed by atoms with Crippen molar-refractivity contribution in [3.63, 3.8) is 0 Å². The van der Waals surface area contributed by atoms with Crippen LogP contribution in [0, 0.1) is 0 Å². The molecular formula is C5H6FN3O2. The van der Waals surface area contributed by atoms with E-state index in [1.807, 2.05) is 5.43 Å². The highest BCUT2D eigenvalue weighted by molar-refractivity contribution is 5.91. The number of carbonyl (C=O) groups excluding carboxylic acids is 1. The molecular weight excluding hydrogens is 153 g/mol. The average Bonchev–Trinajstić information content (AvgIpc) is 2.50. The van der Waals surface area contributed by atoms with E-state index >= 15 is 0 Å². The van der Waals surface area contributed by atoms with Gasteiger partial charge in [-0.05, 0) is 0 Å². The van der Waals surface area contributed by atoms with Crippen LogP contribution >= 0.6 is 0 Å². The number of nitrogens with two attached hydrogens (primary N) is 1. The first kappa shape index (κ1) is 7.67. The Bertz CT molecular complexity index is 260. The summed E-state index contributed by atoms with van der Waals surface area (Å²) in [5.41, 5.74) is 1.81. The fourth-order valence-corrected chi connectivity index (χ4v) is 0.557. The lowest BCUT2D eigenvalue weighted by molar-refractivity contribution is 0.0944. The van der Waals surface area contributed by atoms with Gasteiger partial charge < -0.3 is 4.52 Å². The number of carbonyl (C=O) groups is 1. The predicted molar refractivity (Wildman–Crippen MR) is 33.0 cm³/mol. The largest absolute Gasteiger partial charge is 0.358 e. The fourth-order valence-electron chi connectivity index (χ4n) is 0.557. The zero-order valence-corrected chi connectivity index (χ0v) is 5.50. The second kappa shape index (κ2) is 3.11. The molecule has 0 aliphatic rings. The number of nitrogens with zero attached hydrogens (tertiary/aromatic N) is 1. The molecule has 1 amide bonds. The summed E-state index contributed by atoms with van der Waals surface area (Å²) in [6.07, 6.45) is 0. The summed E-state index contributed by atoms with van der Waals surface area (Å²) in [5.74, 6) is 4.18. The second-order valence-corrected chi connectivity index (χ2v) is 1.79. The van der Waals surface area contributed by atoms with Crippen LogP contribution in [-0.2, 0) is 6.67 Å². The van der Waals surface area contributed by atoms with Crippen molar-refractivity contribution in [1.82, 2.24) is 10.6 Å². The number of rotatable bonds is 2. The first-order valence-corrected chi connectivity index (χ1v) is 2.80. The van der Waals surface area contributed by atoms with Crippen molar-refractivity contribution < 1.29 is 13.7 Å². The molecule has 0 saturated carbocycles. The van der Waals surface area contributed by atoms with Crippen LogP contribution in [0.1, 0.15) is 16.2 Å². The Labute approximate surface area is 61.3 Å². The fraction of sp³-hybridized carbons (Fsp3) is 0.200. The molecule has 0 aromatic carbocycles. The van der Waals surface area contributed by atoms with Gasteiger partial charge in [-0.1, -0.05) is 5.16 Å². The summed E-state index contributed by atoms with van der Waals surface area (Å²) in [6, 6.07) is 1.18. The zero-order chi connectivity index (χ0) is 8.27. The highest BCUT2D eigenvalue weighted by atomic mass is 19.1. The Morgan fingerprint density at radius 3 is 3.09 bits per heavy atom. The van der Waals surface area contributed by atoms with E-state index in [0.29, 0.717) is 0 Å². The Kier molecular flexibility index (Phi) is 2.17. The number of nitrogen functional groups attached to an aromatic ring is 1. The molecule has 3 N–H and O–H groups in total. The first-order valence-electron chi connectivity index (χ1n) is 2.80. The third-order valence-electron chi connectivity index (χ3n) is 1.05. The highest BCUT2D eigenvalue weighted by Gasteiger charge is 2.09. The second-order valence-electron chi connectivity index (χ2n) is 1.79. The Morgan fingerprint density at radius 2 is 2.64 bits per heavy atom. The summed E-state index contributed by atoms with van der Waals surface area (Å²) >= 11 is 0. The Balaban J connectivity index is 2.80. The molecule has 0 fully saturated rings. The van der Waals surface area contributed by atoms with Crippen LogP contribution in [0.4, 0.5) is 4.39 Å². The summed E-state index contributed by atoms with van der Waals surface area (Å²) in [7, 11) is 0. The quantitative estimate of drug-likeness (QED) is 0.354. The van der Waals surface area contributed by atoms with Crippen molar-refractivity contribution in [1.29, 1.82) is 0 Å². The lowest BCUT2D eigenvalue weighted by atomic mass is 10.4. The minimum Gasteiger partial charge on any atom is -0.358 e. The van der Waals surface area contributed by atoms with E-state index in [2.05, 4.69) is 9.68 Å². The van der Waals surface area contributed by atoms with Gasteiger partial charge in [-0.3, -0.25) is 10.2 Å². The van der Waals surface area contributed by atoms with Crippen molar-refractivity contribution >= 4 is 5.91 Å². The number of halogens is 1. The van der Waals surface area contributed by atoms with Gasteiger partial charge in [-0.2, -0.15) is 0 Å². The monoisotopic (exact) mass is 159 g/mol. The van der Waals surface area contributed by atoms with E-state index in [1.54, 1.807) is 0 Å². The molecule has 0 spiro atoms. The normalized spacial score (nSPS) is 9.64. The lowest BCUT2D eigenvalue weighted by Gasteiger charge is -1.88. The van der Waals surface area contributed by atoms with Gasteiger partial charge in [0.15, 0.2) is 11.5 Å². The summed E-state index contributed by atoms with van der Waals surface area (Å²) in [6.45, 7) is -0.787. The van der Waals surface area contributed by atoms with E-state index in [9.17, 15) is 9.18 Å². The maximum absolute atomic E-state index is 11.8. The van der Waals surface area contributed by atoms with Crippen LogP contribution in [0.5, 0.6) is 0 Å². The molecule has 0 aliphatic heterocycles. The number of hydrazine groups is 1. The van der Waals surface area contributed by atoms with E-state index < -0.39 is 12.6 Å². The van der Waals surface area contributed by atoms with Crippen molar-refractivity contribution in [2.24, 2.45) is 5.84 Å². The van der Waals surface area contributed by atoms with Gasteiger partial charge in [0, 0.05) is 6.07 Å². The smallest absolute Gasteiger partial charge is 0.287 e. The molecule has 1 aromatic rings. The van der Waals surface area contributed by atoms with Gasteiger partial charge in [0.05, 0.1) is 0 Å². The average molecular weight is 159 g/mol. The van der Waals surface area contributed by atoms with Gasteiger partial charge in [0.25, 0.3) is 5.91 Å². The molecule has 60 valence electrons. The van der Waals surface area contributed by atoms with E-state index in [4.69, 9.17) is 5.84 Å². The van der Waals surface area contributed by atoms with Crippen LogP contribution in [0.25, 0.3) is 0 Å². The van der Waals surface area contributed by atoms with Gasteiger partial charge in [0.2, 0.25) is 0 Å². The maximum Gasteiger partial charge on any atom is 0.287 e. The molecule has 0 saturated heterocycles. The number of amides is 1. The SMILES string of the molecule is NNC(=O)c1cc(CF)on1. The maximum atomic E-state index is 11.8. The summed E-state index contributed by atoms with van der Waals surface area (Å²) < 4.78 is 16.2. The summed E-state index contributed by atoms with van der Waals surface area (Å²) in [4.78, 5) is 10.7. The van der Waals surface area contributed by atoms with Crippen molar-refractivity contribution in [3.8, 4) is 0 Å². The third-order valence-corrected chi connectivity index (χ3v) is 1.05. The molecule has 0 aliphatic carbocycles. The minimum atomic E-state index is -0.787. The summed E-state index contributed by atoms with van der Waals surface area (Å²) in [5, 5.41) is 3.25. The number of aromatic nitrogens is 1. The molecule has 0 unspecified atom stereocenters. The molecule has 0 radical (unpaired) electrons. The molecule has 5 nitrogen and oxygen atoms in total. The molecule has 0 atom stereocenters. The van der Waals surface area contributed by atoms with E-state index in [-0.39, 0.29) is 11.5 Å². The van der Waals surface area contributed by atoms with Crippen molar-refractivity contribution in [3.05, 3.63) is 17.5 Å². The van der Waals surface area contributed by atoms with Crippen LogP contribution in [0.3, 0.4) is 0 Å². The van der Waals surface area contributed by atoms with Crippen LogP contribution in [-0.4, -0.2) is 11.1 Å². The first-order chi connectivity index (χ1) is 5.27. The molecule has 6 heteroatoms. The van der Waals surface area contributed by atoms with Crippen LogP contribution in [0.15, 0.2) is 10.6 Å². The Hall–Kier alpha value is -1.43. The van der Waals surface area contributed by atoms with Gasteiger partial charge in [-0.15, -0.1) is 0 Å². The van der Waals surface area contributed by atoms with Gasteiger partial charge in [-0.25, -0.2) is 10.2 Å². The molecule has 1 heterocycles. The van der Waals surface area contributed by atoms with Gasteiger partial charge in [0.1, 0.15) is 6.67 Å². The minimum absolute atomic E-state index is 0.00333. The van der Waals surface area contributed by atoms with Crippen molar-refractivity contribution in [2.45, 2.75) is 6.67 Å². The van der Waals surface area contributed by atoms with Crippen molar-refractivity contribution in [2.75, 3.05) is 0 Å². The zero-order valence-electron chi connectivity index (χ0n) is 5.50. The molecule has 1 aromatic heterocycles. The number of nitrogens with one attached hydrogen (secondary N) is 1. The number of alkyl halides is 1. The van der Waals surface area contributed by atoms with E-state index in [1.165, 1.54) is 6.07 Å².